The van der Waals surface area contributed by atoms with E-state index in [2.05, 4.69) is 24.9 Å². The van der Waals surface area contributed by atoms with Gasteiger partial charge in [0.2, 0.25) is 0 Å². The molecular weight excluding hydrogens is 274 g/mol. The summed E-state index contributed by atoms with van der Waals surface area (Å²) in [6, 6.07) is 11.5. The molecule has 4 nitrogen and oxygen atoms in total. The first-order valence-corrected chi connectivity index (χ1v) is 7.49. The highest BCUT2D eigenvalue weighted by molar-refractivity contribution is 5.68. The number of anilines is 1. The van der Waals surface area contributed by atoms with E-state index in [9.17, 15) is 5.26 Å². The van der Waals surface area contributed by atoms with Crippen LogP contribution in [0.5, 0.6) is 5.75 Å². The number of nitrogens with two attached hydrogens (primary N) is 1. The maximum absolute atomic E-state index is 9.32. The minimum absolute atomic E-state index is 0.463. The first kappa shape index (κ1) is 15.8. The molecule has 1 heterocycles. The third kappa shape index (κ3) is 4.23. The molecule has 114 valence electrons. The van der Waals surface area contributed by atoms with Crippen molar-refractivity contribution in [2.45, 2.75) is 26.7 Å². The van der Waals surface area contributed by atoms with E-state index in [1.54, 1.807) is 12.3 Å². The van der Waals surface area contributed by atoms with Crippen molar-refractivity contribution >= 4 is 5.82 Å². The number of pyridine rings is 1. The number of benzene rings is 1. The molecule has 0 aliphatic heterocycles. The van der Waals surface area contributed by atoms with Gasteiger partial charge in [0.25, 0.3) is 0 Å². The quantitative estimate of drug-likeness (QED) is 0.817. The Bertz CT molecular complexity index is 674. The summed E-state index contributed by atoms with van der Waals surface area (Å²) in [6.45, 7) is 5.01. The summed E-state index contributed by atoms with van der Waals surface area (Å²) in [5.74, 6) is 1.76. The lowest BCUT2D eigenvalue weighted by Crippen LogP contribution is -2.01. The Hall–Kier alpha value is -2.54. The van der Waals surface area contributed by atoms with Gasteiger partial charge in [-0.25, -0.2) is 4.98 Å². The van der Waals surface area contributed by atoms with Crippen LogP contribution < -0.4 is 10.5 Å². The fraction of sp³-hybridized carbons (Fsp3) is 0.333. The van der Waals surface area contributed by atoms with Crippen molar-refractivity contribution in [1.82, 2.24) is 4.98 Å². The molecule has 0 unspecified atom stereocenters. The zero-order valence-electron chi connectivity index (χ0n) is 13.0. The van der Waals surface area contributed by atoms with Gasteiger partial charge in [-0.15, -0.1) is 0 Å². The van der Waals surface area contributed by atoms with Crippen LogP contribution in [0.25, 0.3) is 11.1 Å². The number of hydrogen-bond acceptors (Lipinski definition) is 4. The molecule has 0 atom stereocenters. The van der Waals surface area contributed by atoms with E-state index in [4.69, 9.17) is 10.5 Å². The molecule has 2 aromatic rings. The number of rotatable bonds is 6. The summed E-state index contributed by atoms with van der Waals surface area (Å²) >= 11 is 0. The summed E-state index contributed by atoms with van der Waals surface area (Å²) in [7, 11) is 0. The summed E-state index contributed by atoms with van der Waals surface area (Å²) in [5.41, 5.74) is 8.11. The van der Waals surface area contributed by atoms with Crippen LogP contribution in [0.2, 0.25) is 0 Å². The van der Waals surface area contributed by atoms with Crippen LogP contribution in [0, 0.1) is 17.2 Å². The van der Waals surface area contributed by atoms with Gasteiger partial charge in [0.15, 0.2) is 0 Å². The van der Waals surface area contributed by atoms with Crippen molar-refractivity contribution in [1.29, 1.82) is 5.26 Å². The van der Waals surface area contributed by atoms with Crippen LogP contribution in [0.15, 0.2) is 36.5 Å². The number of hydrogen-bond donors (Lipinski definition) is 1. The summed E-state index contributed by atoms with van der Waals surface area (Å²) in [6.07, 6.45) is 3.77. The Morgan fingerprint density at radius 3 is 2.68 bits per heavy atom. The maximum Gasteiger partial charge on any atom is 0.137 e. The SMILES string of the molecule is CC(C)CCCOc1ccc(-c2ccnc(N)c2)cc1C#N. The molecular formula is C18H21N3O. The normalized spacial score (nSPS) is 10.5. The third-order valence-electron chi connectivity index (χ3n) is 3.40. The fourth-order valence-corrected chi connectivity index (χ4v) is 2.22. The van der Waals surface area contributed by atoms with Crippen LogP contribution >= 0.6 is 0 Å². The van der Waals surface area contributed by atoms with Gasteiger partial charge in [-0.1, -0.05) is 19.9 Å². The highest BCUT2D eigenvalue weighted by atomic mass is 16.5. The Labute approximate surface area is 131 Å². The largest absolute Gasteiger partial charge is 0.492 e. The van der Waals surface area contributed by atoms with Crippen molar-refractivity contribution < 1.29 is 4.74 Å². The highest BCUT2D eigenvalue weighted by Crippen LogP contribution is 2.27. The monoisotopic (exact) mass is 295 g/mol. The van der Waals surface area contributed by atoms with E-state index in [0.717, 1.165) is 24.0 Å². The van der Waals surface area contributed by atoms with E-state index < -0.39 is 0 Å². The molecule has 0 saturated carbocycles. The van der Waals surface area contributed by atoms with Gasteiger partial charge in [-0.05, 0) is 54.2 Å². The van der Waals surface area contributed by atoms with Crippen LogP contribution in [0.3, 0.4) is 0 Å². The van der Waals surface area contributed by atoms with Gasteiger partial charge in [-0.3, -0.25) is 0 Å². The summed E-state index contributed by atoms with van der Waals surface area (Å²) < 4.78 is 5.73. The molecule has 0 amide bonds. The Morgan fingerprint density at radius 1 is 1.23 bits per heavy atom. The molecule has 2 rings (SSSR count). The van der Waals surface area contributed by atoms with Crippen LogP contribution in [0.1, 0.15) is 32.3 Å². The molecule has 0 radical (unpaired) electrons. The Morgan fingerprint density at radius 2 is 2.00 bits per heavy atom. The molecule has 0 saturated heterocycles. The summed E-state index contributed by atoms with van der Waals surface area (Å²) in [5, 5.41) is 9.32. The van der Waals surface area contributed by atoms with Gasteiger partial charge < -0.3 is 10.5 Å². The second-order valence-corrected chi connectivity index (χ2v) is 5.68. The van der Waals surface area contributed by atoms with Crippen molar-refractivity contribution in [3.05, 3.63) is 42.1 Å². The topological polar surface area (TPSA) is 71.9 Å². The molecule has 0 aliphatic rings. The second-order valence-electron chi connectivity index (χ2n) is 5.68. The average molecular weight is 295 g/mol. The predicted octanol–water partition coefficient (Wildman–Crippen LogP) is 4.02. The molecule has 0 aliphatic carbocycles. The third-order valence-corrected chi connectivity index (χ3v) is 3.40. The van der Waals surface area contributed by atoms with Gasteiger partial charge >= 0.3 is 0 Å². The van der Waals surface area contributed by atoms with E-state index in [-0.39, 0.29) is 0 Å². The fourth-order valence-electron chi connectivity index (χ4n) is 2.22. The lowest BCUT2D eigenvalue weighted by molar-refractivity contribution is 0.297. The Kier molecular flexibility index (Phi) is 5.37. The van der Waals surface area contributed by atoms with Crippen LogP contribution in [0.4, 0.5) is 5.82 Å². The van der Waals surface area contributed by atoms with Gasteiger partial charge in [0, 0.05) is 6.20 Å². The average Bonchev–Trinajstić information content (AvgIpc) is 2.51. The molecule has 0 fully saturated rings. The standard InChI is InChI=1S/C18H21N3O/c1-13(2)4-3-9-22-17-6-5-14(10-16(17)12-19)15-7-8-21-18(20)11-15/h5-8,10-11,13H,3-4,9H2,1-2H3,(H2,20,21). The first-order valence-electron chi connectivity index (χ1n) is 7.49. The maximum atomic E-state index is 9.32. The first-order chi connectivity index (χ1) is 10.6. The minimum atomic E-state index is 0.463. The lowest BCUT2D eigenvalue weighted by atomic mass is 10.0. The van der Waals surface area contributed by atoms with Crippen LogP contribution in [-0.4, -0.2) is 11.6 Å². The van der Waals surface area contributed by atoms with Crippen molar-refractivity contribution in [2.24, 2.45) is 5.92 Å². The van der Waals surface area contributed by atoms with E-state index in [1.165, 1.54) is 0 Å². The van der Waals surface area contributed by atoms with Gasteiger partial charge in [0.05, 0.1) is 12.2 Å². The smallest absolute Gasteiger partial charge is 0.137 e. The van der Waals surface area contributed by atoms with Crippen molar-refractivity contribution in [2.75, 3.05) is 12.3 Å². The van der Waals surface area contributed by atoms with Gasteiger partial charge in [0.1, 0.15) is 17.6 Å². The van der Waals surface area contributed by atoms with E-state index in [0.29, 0.717) is 29.7 Å². The zero-order valence-corrected chi connectivity index (χ0v) is 13.0. The number of ether oxygens (including phenoxy) is 1. The number of aromatic nitrogens is 1. The zero-order chi connectivity index (χ0) is 15.9. The van der Waals surface area contributed by atoms with Gasteiger partial charge in [-0.2, -0.15) is 5.26 Å². The van der Waals surface area contributed by atoms with E-state index >= 15 is 0 Å². The molecule has 1 aromatic heterocycles. The van der Waals surface area contributed by atoms with Crippen molar-refractivity contribution in [3.8, 4) is 22.9 Å². The molecule has 0 spiro atoms. The van der Waals surface area contributed by atoms with Crippen LogP contribution in [-0.2, 0) is 0 Å². The number of nitrogen functional groups attached to an aromatic ring is 1. The molecule has 4 heteroatoms. The summed E-state index contributed by atoms with van der Waals surface area (Å²) in [4.78, 5) is 3.98. The highest BCUT2D eigenvalue weighted by Gasteiger charge is 2.07. The molecule has 1 aromatic carbocycles. The molecule has 22 heavy (non-hydrogen) atoms. The van der Waals surface area contributed by atoms with Crippen molar-refractivity contribution in [3.63, 3.8) is 0 Å². The Balaban J connectivity index is 2.13. The molecule has 0 bridgehead atoms. The lowest BCUT2D eigenvalue weighted by Gasteiger charge is -2.10. The number of nitriles is 1. The second kappa shape index (κ2) is 7.46. The number of nitrogens with zero attached hydrogens (tertiary/aromatic N) is 2. The minimum Gasteiger partial charge on any atom is -0.492 e. The van der Waals surface area contributed by atoms with E-state index in [1.807, 2.05) is 24.3 Å². The molecule has 2 N–H and O–H groups in total. The predicted molar refractivity (Wildman–Crippen MR) is 88.4 cm³/mol.